The maximum Gasteiger partial charge on any atom is 0.355 e. The van der Waals surface area contributed by atoms with Crippen LogP contribution < -0.4 is 5.32 Å². The molecule has 1 atom stereocenters. The Kier molecular flexibility index (Phi) is 4.90. The van der Waals surface area contributed by atoms with Crippen molar-refractivity contribution in [3.8, 4) is 0 Å². The Balaban J connectivity index is 1.81. The van der Waals surface area contributed by atoms with E-state index in [9.17, 15) is 14.4 Å². The van der Waals surface area contributed by atoms with Gasteiger partial charge in [0.1, 0.15) is 5.70 Å². The van der Waals surface area contributed by atoms with E-state index in [0.717, 1.165) is 0 Å². The summed E-state index contributed by atoms with van der Waals surface area (Å²) in [6.07, 6.45) is -1.36. The molecule has 2 N–H and O–H groups in total. The third-order valence-electron chi connectivity index (χ3n) is 3.48. The number of anilines is 1. The smallest absolute Gasteiger partial charge is 0.355 e. The van der Waals surface area contributed by atoms with Crippen molar-refractivity contribution in [2.45, 2.75) is 6.29 Å². The Morgan fingerprint density at radius 3 is 2.46 bits per heavy atom. The van der Waals surface area contributed by atoms with Gasteiger partial charge < -0.3 is 19.9 Å². The van der Waals surface area contributed by atoms with Crippen LogP contribution in [-0.2, 0) is 14.3 Å². The SMILES string of the molecule is O=C1O[C@@H](OC(=O)c2ccccc2)C(Nc2cccc(C(=O)O)c2)=C1Cl. The summed E-state index contributed by atoms with van der Waals surface area (Å²) < 4.78 is 10.2. The molecule has 26 heavy (non-hydrogen) atoms. The normalized spacial score (nSPS) is 16.2. The molecule has 0 bridgehead atoms. The van der Waals surface area contributed by atoms with Crippen LogP contribution in [0, 0.1) is 0 Å². The summed E-state index contributed by atoms with van der Waals surface area (Å²) in [7, 11) is 0. The zero-order valence-corrected chi connectivity index (χ0v) is 13.9. The van der Waals surface area contributed by atoms with Gasteiger partial charge in [-0.15, -0.1) is 0 Å². The Hall–Kier alpha value is -3.32. The maximum atomic E-state index is 12.2. The van der Waals surface area contributed by atoms with Crippen LogP contribution >= 0.6 is 11.6 Å². The lowest BCUT2D eigenvalue weighted by Gasteiger charge is -2.16. The monoisotopic (exact) mass is 373 g/mol. The number of aromatic carboxylic acids is 1. The fourth-order valence-electron chi connectivity index (χ4n) is 2.24. The second-order valence-electron chi connectivity index (χ2n) is 5.25. The number of halogens is 1. The Bertz CT molecular complexity index is 909. The number of carboxylic acid groups (broad SMARTS) is 1. The zero-order valence-electron chi connectivity index (χ0n) is 13.1. The molecule has 0 fully saturated rings. The van der Waals surface area contributed by atoms with Gasteiger partial charge >= 0.3 is 17.9 Å². The minimum Gasteiger partial charge on any atom is -0.478 e. The quantitative estimate of drug-likeness (QED) is 0.777. The van der Waals surface area contributed by atoms with Crippen LogP contribution in [-0.4, -0.2) is 29.3 Å². The largest absolute Gasteiger partial charge is 0.478 e. The van der Waals surface area contributed by atoms with Crippen molar-refractivity contribution >= 4 is 35.2 Å². The number of hydrogen-bond acceptors (Lipinski definition) is 6. The summed E-state index contributed by atoms with van der Waals surface area (Å²) in [6.45, 7) is 0. The standard InChI is InChI=1S/C18H12ClNO6/c19-13-14(20-12-8-4-7-11(9-12)15(21)22)18(26-17(13)24)25-16(23)10-5-2-1-3-6-10/h1-9,18,20H,(H,21,22)/t18-/m1/s1. The fraction of sp³-hybridized carbons (Fsp3) is 0.0556. The van der Waals surface area contributed by atoms with Crippen LogP contribution in [0.2, 0.25) is 0 Å². The summed E-state index contributed by atoms with van der Waals surface area (Å²) >= 11 is 5.94. The summed E-state index contributed by atoms with van der Waals surface area (Å²) in [5, 5.41) is 11.6. The van der Waals surface area contributed by atoms with Crippen LogP contribution in [0.5, 0.6) is 0 Å². The molecule has 1 aliphatic rings. The Morgan fingerprint density at radius 1 is 1.08 bits per heavy atom. The van der Waals surface area contributed by atoms with Crippen molar-refractivity contribution in [2.75, 3.05) is 5.32 Å². The third kappa shape index (κ3) is 3.68. The minimum atomic E-state index is -1.36. The molecule has 0 spiro atoms. The number of ether oxygens (including phenoxy) is 2. The predicted molar refractivity (Wildman–Crippen MR) is 91.6 cm³/mol. The van der Waals surface area contributed by atoms with Crippen LogP contribution in [0.15, 0.2) is 65.3 Å². The van der Waals surface area contributed by atoms with Crippen molar-refractivity contribution in [1.29, 1.82) is 0 Å². The average Bonchev–Trinajstić information content (AvgIpc) is 2.90. The summed E-state index contributed by atoms with van der Waals surface area (Å²) in [5.74, 6) is -2.66. The van der Waals surface area contributed by atoms with Gasteiger partial charge in [0.15, 0.2) is 5.03 Å². The van der Waals surface area contributed by atoms with Crippen LogP contribution in [0.4, 0.5) is 5.69 Å². The lowest BCUT2D eigenvalue weighted by atomic mass is 10.2. The highest BCUT2D eigenvalue weighted by atomic mass is 35.5. The number of carbonyl (C=O) groups excluding carboxylic acids is 2. The summed E-state index contributed by atoms with van der Waals surface area (Å²) in [5.41, 5.74) is 0.675. The van der Waals surface area contributed by atoms with Gasteiger partial charge in [-0.05, 0) is 30.3 Å². The van der Waals surface area contributed by atoms with Gasteiger partial charge in [-0.1, -0.05) is 35.9 Å². The molecule has 0 unspecified atom stereocenters. The van der Waals surface area contributed by atoms with Crippen molar-refractivity contribution in [1.82, 2.24) is 0 Å². The van der Waals surface area contributed by atoms with Gasteiger partial charge in [-0.2, -0.15) is 0 Å². The molecule has 2 aromatic carbocycles. The van der Waals surface area contributed by atoms with E-state index < -0.39 is 24.2 Å². The lowest BCUT2D eigenvalue weighted by Crippen LogP contribution is -2.24. The summed E-state index contributed by atoms with van der Waals surface area (Å²) in [6, 6.07) is 14.0. The molecule has 3 rings (SSSR count). The molecule has 0 aromatic heterocycles. The van der Waals surface area contributed by atoms with E-state index in [1.54, 1.807) is 36.4 Å². The topological polar surface area (TPSA) is 102 Å². The number of cyclic esters (lactones) is 1. The number of carbonyl (C=O) groups is 3. The van der Waals surface area contributed by atoms with Crippen molar-refractivity contribution in [3.63, 3.8) is 0 Å². The molecule has 0 saturated heterocycles. The molecule has 0 saturated carbocycles. The van der Waals surface area contributed by atoms with Crippen molar-refractivity contribution in [2.24, 2.45) is 0 Å². The number of benzene rings is 2. The van der Waals surface area contributed by atoms with Gasteiger partial charge in [-0.25, -0.2) is 14.4 Å². The molecule has 0 aliphatic carbocycles. The molecule has 8 heteroatoms. The van der Waals surface area contributed by atoms with Crippen LogP contribution in [0.1, 0.15) is 20.7 Å². The van der Waals surface area contributed by atoms with Crippen LogP contribution in [0.25, 0.3) is 0 Å². The molecular weight excluding hydrogens is 362 g/mol. The predicted octanol–water partition coefficient (Wildman–Crippen LogP) is 2.99. The Labute approximate surface area is 152 Å². The molecule has 0 amide bonds. The molecule has 1 heterocycles. The number of carboxylic acids is 1. The maximum absolute atomic E-state index is 12.2. The van der Waals surface area contributed by atoms with Gasteiger partial charge in [0.2, 0.25) is 0 Å². The van der Waals surface area contributed by atoms with E-state index in [1.165, 1.54) is 18.2 Å². The number of esters is 2. The molecular formula is C18H12ClNO6. The number of rotatable bonds is 5. The van der Waals surface area contributed by atoms with Crippen LogP contribution in [0.3, 0.4) is 0 Å². The first-order valence-electron chi connectivity index (χ1n) is 7.43. The Morgan fingerprint density at radius 2 is 1.77 bits per heavy atom. The average molecular weight is 374 g/mol. The van der Waals surface area contributed by atoms with E-state index >= 15 is 0 Å². The first kappa shape index (κ1) is 17.5. The third-order valence-corrected chi connectivity index (χ3v) is 3.84. The lowest BCUT2D eigenvalue weighted by molar-refractivity contribution is -0.152. The van der Waals surface area contributed by atoms with E-state index in [4.69, 9.17) is 26.2 Å². The van der Waals surface area contributed by atoms with Gasteiger partial charge in [0.25, 0.3) is 6.29 Å². The van der Waals surface area contributed by atoms with E-state index in [-0.39, 0.29) is 21.9 Å². The minimum absolute atomic E-state index is 0.0171. The molecule has 2 aromatic rings. The highest BCUT2D eigenvalue weighted by Crippen LogP contribution is 2.29. The second kappa shape index (κ2) is 7.28. The molecule has 132 valence electrons. The fourth-order valence-corrected chi connectivity index (χ4v) is 2.42. The highest BCUT2D eigenvalue weighted by molar-refractivity contribution is 6.42. The second-order valence-corrected chi connectivity index (χ2v) is 5.63. The van der Waals surface area contributed by atoms with Crippen molar-refractivity contribution in [3.05, 3.63) is 76.5 Å². The van der Waals surface area contributed by atoms with Gasteiger partial charge in [0, 0.05) is 5.69 Å². The highest BCUT2D eigenvalue weighted by Gasteiger charge is 2.36. The molecule has 1 aliphatic heterocycles. The molecule has 0 radical (unpaired) electrons. The van der Waals surface area contributed by atoms with Gasteiger partial charge in [0.05, 0.1) is 11.1 Å². The zero-order chi connectivity index (χ0) is 18.7. The molecule has 7 nitrogen and oxygen atoms in total. The van der Waals surface area contributed by atoms with E-state index in [1.807, 2.05) is 0 Å². The number of hydrogen-bond donors (Lipinski definition) is 2. The summed E-state index contributed by atoms with van der Waals surface area (Å²) in [4.78, 5) is 35.0. The van der Waals surface area contributed by atoms with E-state index in [0.29, 0.717) is 5.69 Å². The first-order valence-corrected chi connectivity index (χ1v) is 7.80. The number of nitrogens with one attached hydrogen (secondary N) is 1. The van der Waals surface area contributed by atoms with Gasteiger partial charge in [-0.3, -0.25) is 0 Å². The van der Waals surface area contributed by atoms with Crippen molar-refractivity contribution < 1.29 is 29.0 Å². The first-order chi connectivity index (χ1) is 12.5. The van der Waals surface area contributed by atoms with E-state index in [2.05, 4.69) is 5.32 Å².